The molecule has 1 N–H and O–H groups in total. The molecule has 0 radical (unpaired) electrons. The second-order valence-corrected chi connectivity index (χ2v) is 8.75. The maximum atomic E-state index is 12.5. The Morgan fingerprint density at radius 1 is 1.17 bits per heavy atom. The van der Waals surface area contributed by atoms with Crippen molar-refractivity contribution in [3.8, 4) is 5.75 Å². The first-order valence-electron chi connectivity index (χ1n) is 11.3. The fourth-order valence-electron chi connectivity index (χ4n) is 4.80. The average molecular weight is 412 g/mol. The molecule has 4 rings (SSSR count). The van der Waals surface area contributed by atoms with Crippen molar-refractivity contribution >= 4 is 5.91 Å². The molecule has 2 aliphatic rings. The van der Waals surface area contributed by atoms with E-state index in [-0.39, 0.29) is 5.91 Å². The van der Waals surface area contributed by atoms with E-state index in [1.165, 1.54) is 51.6 Å². The van der Waals surface area contributed by atoms with Gasteiger partial charge in [-0.3, -0.25) is 4.79 Å². The van der Waals surface area contributed by atoms with Crippen molar-refractivity contribution in [2.75, 3.05) is 26.7 Å². The molecule has 30 heavy (non-hydrogen) atoms. The van der Waals surface area contributed by atoms with Gasteiger partial charge in [0.05, 0.1) is 12.8 Å². The summed E-state index contributed by atoms with van der Waals surface area (Å²) in [5.74, 6) is 2.08. The molecule has 6 heteroatoms. The van der Waals surface area contributed by atoms with E-state index >= 15 is 0 Å². The summed E-state index contributed by atoms with van der Waals surface area (Å²) < 4.78 is 10.5. The number of hydrogen-bond acceptors (Lipinski definition) is 5. The third-order valence-corrected chi connectivity index (χ3v) is 6.53. The van der Waals surface area contributed by atoms with Gasteiger partial charge < -0.3 is 19.5 Å². The number of carbonyl (C=O) groups excluding carboxylic acids is 1. The van der Waals surface area contributed by atoms with Gasteiger partial charge in [-0.05, 0) is 55.8 Å². The summed E-state index contributed by atoms with van der Waals surface area (Å²) in [5, 5.41) is 7.15. The van der Waals surface area contributed by atoms with Crippen molar-refractivity contribution in [1.29, 1.82) is 0 Å². The van der Waals surface area contributed by atoms with Gasteiger partial charge >= 0.3 is 0 Å². The van der Waals surface area contributed by atoms with Gasteiger partial charge in [-0.2, -0.15) is 0 Å². The van der Waals surface area contributed by atoms with Crippen molar-refractivity contribution in [1.82, 2.24) is 15.4 Å². The molecule has 2 aromatic rings. The van der Waals surface area contributed by atoms with Gasteiger partial charge in [0.25, 0.3) is 5.91 Å². The van der Waals surface area contributed by atoms with Crippen LogP contribution in [0.2, 0.25) is 0 Å². The first-order valence-corrected chi connectivity index (χ1v) is 11.3. The van der Waals surface area contributed by atoms with Crippen LogP contribution in [0.3, 0.4) is 0 Å². The highest BCUT2D eigenvalue weighted by molar-refractivity contribution is 5.91. The molecule has 2 fully saturated rings. The zero-order valence-electron chi connectivity index (χ0n) is 17.9. The predicted octanol–water partition coefficient (Wildman–Crippen LogP) is 4.37. The molecule has 1 aliphatic heterocycles. The monoisotopic (exact) mass is 411 g/mol. The van der Waals surface area contributed by atoms with Crippen LogP contribution in [0, 0.1) is 5.92 Å². The summed E-state index contributed by atoms with van der Waals surface area (Å²) in [6.45, 7) is 3.86. The van der Waals surface area contributed by atoms with Gasteiger partial charge in [0, 0.05) is 31.6 Å². The van der Waals surface area contributed by atoms with Crippen LogP contribution in [0.25, 0.3) is 0 Å². The highest BCUT2D eigenvalue weighted by Gasteiger charge is 2.27. The molecule has 0 spiro atoms. The van der Waals surface area contributed by atoms with Crippen LogP contribution in [0.1, 0.15) is 72.7 Å². The number of amides is 1. The summed E-state index contributed by atoms with van der Waals surface area (Å²) in [5.41, 5.74) is 1.92. The van der Waals surface area contributed by atoms with Crippen molar-refractivity contribution < 1.29 is 14.1 Å². The zero-order valence-corrected chi connectivity index (χ0v) is 17.9. The number of hydrogen-bond donors (Lipinski definition) is 1. The summed E-state index contributed by atoms with van der Waals surface area (Å²) in [4.78, 5) is 15.1. The predicted molar refractivity (Wildman–Crippen MR) is 116 cm³/mol. The quantitative estimate of drug-likeness (QED) is 0.733. The van der Waals surface area contributed by atoms with Crippen molar-refractivity contribution in [2.24, 2.45) is 5.92 Å². The number of aromatic nitrogens is 1. The number of carbonyl (C=O) groups is 1. The lowest BCUT2D eigenvalue weighted by Crippen LogP contribution is -2.38. The zero-order chi connectivity index (χ0) is 20.8. The Labute approximate surface area is 179 Å². The van der Waals surface area contributed by atoms with E-state index < -0.39 is 0 Å². The van der Waals surface area contributed by atoms with E-state index in [1.807, 2.05) is 30.3 Å². The highest BCUT2D eigenvalue weighted by atomic mass is 16.5. The van der Waals surface area contributed by atoms with Crippen LogP contribution in [0.5, 0.6) is 5.75 Å². The molecular formula is C24H33N3O3. The number of piperidine rings is 1. The number of nitrogens with zero attached hydrogens (tertiary/aromatic N) is 2. The van der Waals surface area contributed by atoms with E-state index in [9.17, 15) is 4.79 Å². The molecule has 1 atom stereocenters. The molecule has 1 amide bonds. The number of rotatable bonds is 7. The fraction of sp³-hybridized carbons (Fsp3) is 0.583. The molecule has 1 aromatic heterocycles. The number of benzene rings is 1. The first-order chi connectivity index (χ1) is 14.7. The molecule has 162 valence electrons. The van der Waals surface area contributed by atoms with Crippen molar-refractivity contribution in [2.45, 2.75) is 57.4 Å². The second kappa shape index (κ2) is 10.1. The van der Waals surface area contributed by atoms with Gasteiger partial charge in [0.15, 0.2) is 0 Å². The summed E-state index contributed by atoms with van der Waals surface area (Å²) in [6.07, 6.45) is 9.24. The minimum atomic E-state index is -0.223. The maximum absolute atomic E-state index is 12.5. The fourth-order valence-corrected chi connectivity index (χ4v) is 4.80. The summed E-state index contributed by atoms with van der Waals surface area (Å²) >= 11 is 0. The minimum Gasteiger partial charge on any atom is -0.497 e. The minimum absolute atomic E-state index is 0.223. The standard InChI is InChI=1S/C24H33N3O3/c1-29-21-11-9-18(10-12-21)15-25-24(28)23-14-22(26-30-23)20-8-5-13-27(17-20)16-19-6-3-2-4-7-19/h9-12,14,19-20H,2-8,13,15-17H2,1H3,(H,25,28). The van der Waals surface area contributed by atoms with Crippen LogP contribution in [0.15, 0.2) is 34.9 Å². The smallest absolute Gasteiger partial charge is 0.290 e. The molecule has 1 aliphatic carbocycles. The Morgan fingerprint density at radius 3 is 2.73 bits per heavy atom. The van der Waals surface area contributed by atoms with E-state index in [1.54, 1.807) is 7.11 Å². The third kappa shape index (κ3) is 5.42. The molecule has 1 saturated carbocycles. The van der Waals surface area contributed by atoms with E-state index in [2.05, 4.69) is 15.4 Å². The summed E-state index contributed by atoms with van der Waals surface area (Å²) in [6, 6.07) is 9.48. The second-order valence-electron chi connectivity index (χ2n) is 8.75. The Kier molecular flexibility index (Phi) is 7.05. The first kappa shape index (κ1) is 20.9. The molecule has 6 nitrogen and oxygen atoms in total. The van der Waals surface area contributed by atoms with Gasteiger partial charge in [0.1, 0.15) is 5.75 Å². The Morgan fingerprint density at radius 2 is 1.97 bits per heavy atom. The van der Waals surface area contributed by atoms with E-state index in [0.29, 0.717) is 18.2 Å². The maximum Gasteiger partial charge on any atom is 0.290 e. The highest BCUT2D eigenvalue weighted by Crippen LogP contribution is 2.30. The lowest BCUT2D eigenvalue weighted by molar-refractivity contribution is 0.0913. The van der Waals surface area contributed by atoms with E-state index in [0.717, 1.165) is 35.9 Å². The number of ether oxygens (including phenoxy) is 1. The average Bonchev–Trinajstić information content (AvgIpc) is 3.29. The number of nitrogens with one attached hydrogen (secondary N) is 1. The molecule has 1 aromatic carbocycles. The Bertz CT molecular complexity index is 811. The topological polar surface area (TPSA) is 67.6 Å². The SMILES string of the molecule is COc1ccc(CNC(=O)c2cc(C3CCCN(CC4CCCCC4)C3)no2)cc1. The molecule has 2 heterocycles. The van der Waals surface area contributed by atoms with Crippen molar-refractivity contribution in [3.63, 3.8) is 0 Å². The number of likely N-dealkylation sites (tertiary alicyclic amines) is 1. The molecular weight excluding hydrogens is 378 g/mol. The largest absolute Gasteiger partial charge is 0.497 e. The molecule has 1 saturated heterocycles. The Balaban J connectivity index is 1.29. The number of methoxy groups -OCH3 is 1. The Hall–Kier alpha value is -2.34. The summed E-state index contributed by atoms with van der Waals surface area (Å²) in [7, 11) is 1.64. The molecule has 1 unspecified atom stereocenters. The molecule has 0 bridgehead atoms. The van der Waals surface area contributed by atoms with Crippen molar-refractivity contribution in [3.05, 3.63) is 47.3 Å². The van der Waals surface area contributed by atoms with Gasteiger partial charge in [-0.25, -0.2) is 0 Å². The van der Waals surface area contributed by atoms with Gasteiger partial charge in [0.2, 0.25) is 5.76 Å². The van der Waals surface area contributed by atoms with Crippen LogP contribution in [-0.4, -0.2) is 42.7 Å². The van der Waals surface area contributed by atoms with Crippen LogP contribution in [0.4, 0.5) is 0 Å². The lowest BCUT2D eigenvalue weighted by Gasteiger charge is -2.35. The van der Waals surface area contributed by atoms with E-state index in [4.69, 9.17) is 9.26 Å². The normalized spacial score (nSPS) is 20.8. The van der Waals surface area contributed by atoms with Gasteiger partial charge in [-0.1, -0.05) is 36.6 Å². The van der Waals surface area contributed by atoms with Crippen LogP contribution >= 0.6 is 0 Å². The van der Waals surface area contributed by atoms with Crippen LogP contribution < -0.4 is 10.1 Å². The third-order valence-electron chi connectivity index (χ3n) is 6.53. The van der Waals surface area contributed by atoms with Gasteiger partial charge in [-0.15, -0.1) is 0 Å². The lowest BCUT2D eigenvalue weighted by atomic mass is 9.87. The van der Waals surface area contributed by atoms with Crippen LogP contribution in [-0.2, 0) is 6.54 Å².